The smallest absolute Gasteiger partial charge is 0.334 e. The van der Waals surface area contributed by atoms with Crippen molar-refractivity contribution in [3.05, 3.63) is 55.7 Å². The lowest BCUT2D eigenvalue weighted by molar-refractivity contribution is -0.700. The van der Waals surface area contributed by atoms with Gasteiger partial charge < -0.3 is 9.47 Å². The number of halogens is 1. The normalized spacial score (nSPS) is 16.5. The molecule has 1 aliphatic rings. The van der Waals surface area contributed by atoms with Gasteiger partial charge in [-0.05, 0) is 55.1 Å². The number of ether oxygens (including phenoxy) is 2. The number of hydrogen-bond acceptors (Lipinski definition) is 5. The maximum Gasteiger partial charge on any atom is 0.334 e. The highest BCUT2D eigenvalue weighted by Crippen LogP contribution is 2.17. The van der Waals surface area contributed by atoms with E-state index in [1.807, 2.05) is 28.8 Å². The van der Waals surface area contributed by atoms with E-state index in [4.69, 9.17) is 21.1 Å². The van der Waals surface area contributed by atoms with Gasteiger partial charge in [-0.15, -0.1) is 0 Å². The highest BCUT2D eigenvalue weighted by Gasteiger charge is 2.27. The third-order valence-electron chi connectivity index (χ3n) is 5.77. The Kier molecular flexibility index (Phi) is 7.95. The summed E-state index contributed by atoms with van der Waals surface area (Å²) < 4.78 is 16.1. The number of imidazole rings is 1. The van der Waals surface area contributed by atoms with Gasteiger partial charge in [-0.2, -0.15) is 0 Å². The van der Waals surface area contributed by atoms with E-state index in [0.29, 0.717) is 35.8 Å². The van der Waals surface area contributed by atoms with Crippen LogP contribution in [-0.4, -0.2) is 39.4 Å². The molecule has 0 radical (unpaired) electrons. The number of H-pyrrole nitrogens is 1. The van der Waals surface area contributed by atoms with E-state index in [0.717, 1.165) is 42.3 Å². The van der Waals surface area contributed by atoms with E-state index in [1.165, 1.54) is 9.13 Å². The predicted octanol–water partition coefficient (Wildman–Crippen LogP) is 3.06. The van der Waals surface area contributed by atoms with Crippen molar-refractivity contribution in [2.45, 2.75) is 57.1 Å². The van der Waals surface area contributed by atoms with Gasteiger partial charge in [-0.3, -0.25) is 13.9 Å². The van der Waals surface area contributed by atoms with Crippen molar-refractivity contribution in [1.82, 2.24) is 14.1 Å². The van der Waals surface area contributed by atoms with Crippen LogP contribution in [0.25, 0.3) is 11.2 Å². The molecule has 0 spiro atoms. The van der Waals surface area contributed by atoms with Crippen LogP contribution in [0.1, 0.15) is 38.2 Å². The molecule has 2 aromatic heterocycles. The number of thioether (sulfide) groups is 1. The summed E-state index contributed by atoms with van der Waals surface area (Å²) in [4.78, 5) is 29.8. The molecule has 1 N–H and O–H groups in total. The number of fused-ring (bicyclic) bond motifs is 1. The summed E-state index contributed by atoms with van der Waals surface area (Å²) in [6.07, 6.45) is 3.43. The second-order valence-corrected chi connectivity index (χ2v) is 9.78. The van der Waals surface area contributed by atoms with Crippen LogP contribution in [-0.2, 0) is 29.6 Å². The van der Waals surface area contributed by atoms with E-state index < -0.39 is 0 Å². The summed E-state index contributed by atoms with van der Waals surface area (Å²) >= 11 is 7.64. The first-order valence-electron chi connectivity index (χ1n) is 11.4. The quantitative estimate of drug-likeness (QED) is 0.281. The predicted molar refractivity (Wildman–Crippen MR) is 129 cm³/mol. The summed E-state index contributed by atoms with van der Waals surface area (Å²) in [5.74, 6) is 0.830. The summed E-state index contributed by atoms with van der Waals surface area (Å²) in [6.45, 7) is 4.00. The Bertz CT molecular complexity index is 1210. The van der Waals surface area contributed by atoms with Crippen molar-refractivity contribution in [1.29, 1.82) is 0 Å². The Labute approximate surface area is 201 Å². The van der Waals surface area contributed by atoms with Crippen LogP contribution in [0.2, 0.25) is 5.02 Å². The number of rotatable bonds is 9. The number of aromatic amines is 1. The van der Waals surface area contributed by atoms with E-state index in [2.05, 4.69) is 11.9 Å². The van der Waals surface area contributed by atoms with E-state index in [1.54, 1.807) is 18.8 Å². The lowest BCUT2D eigenvalue weighted by Gasteiger charge is -2.22. The average molecular weight is 494 g/mol. The van der Waals surface area contributed by atoms with Crippen LogP contribution in [0.5, 0.6) is 0 Å². The summed E-state index contributed by atoms with van der Waals surface area (Å²) in [5.41, 5.74) is 1.39. The van der Waals surface area contributed by atoms with Gasteiger partial charge in [-0.25, -0.2) is 14.3 Å². The third kappa shape index (κ3) is 5.37. The highest BCUT2D eigenvalue weighted by atomic mass is 35.5. The lowest BCUT2D eigenvalue weighted by atomic mass is 10.2. The van der Waals surface area contributed by atoms with Crippen LogP contribution in [0, 0.1) is 0 Å². The third-order valence-corrected chi connectivity index (χ3v) is 6.90. The maximum atomic E-state index is 13.5. The van der Waals surface area contributed by atoms with Gasteiger partial charge in [-0.1, -0.05) is 30.7 Å². The van der Waals surface area contributed by atoms with Gasteiger partial charge in [0.25, 0.3) is 11.2 Å². The summed E-state index contributed by atoms with van der Waals surface area (Å²) in [6, 6.07) is 7.56. The fourth-order valence-corrected chi connectivity index (χ4v) is 4.94. The minimum atomic E-state index is -0.339. The number of nitrogens with one attached hydrogen (secondary N) is 1. The van der Waals surface area contributed by atoms with E-state index >= 15 is 0 Å². The molecule has 1 unspecified atom stereocenters. The zero-order valence-corrected chi connectivity index (χ0v) is 20.6. The molecular formula is C23H30ClN4O4S+. The van der Waals surface area contributed by atoms with Crippen molar-refractivity contribution in [3.8, 4) is 0 Å². The number of nitrogens with zero attached hydrogens (tertiary/aromatic N) is 3. The fourth-order valence-electron chi connectivity index (χ4n) is 4.06. The summed E-state index contributed by atoms with van der Waals surface area (Å²) in [5, 5.41) is 1.50. The largest absolute Gasteiger partial charge is 0.353 e. The van der Waals surface area contributed by atoms with Crippen molar-refractivity contribution < 1.29 is 14.0 Å². The van der Waals surface area contributed by atoms with Crippen molar-refractivity contribution in [2.24, 2.45) is 7.05 Å². The molecule has 0 bridgehead atoms. The maximum absolute atomic E-state index is 13.5. The van der Waals surface area contributed by atoms with Crippen LogP contribution in [0.4, 0.5) is 0 Å². The number of benzene rings is 1. The molecule has 0 amide bonds. The molecule has 0 saturated carbocycles. The Morgan fingerprint density at radius 1 is 1.27 bits per heavy atom. The van der Waals surface area contributed by atoms with Gasteiger partial charge in [0.2, 0.25) is 0 Å². The van der Waals surface area contributed by atoms with E-state index in [-0.39, 0.29) is 24.1 Å². The topological polar surface area (TPSA) is 82.1 Å². The number of hydrogen-bond donors (Lipinski definition) is 1. The standard InChI is InChI=1S/C23H29ClN4O4S/c1-3-33-22-25-20-19(28(22)15-16-8-10-17(24)11-9-16)21(29)27(23(30)26(20)2)12-6-14-32-18-7-4-5-13-31-18/h8-11,18H,3-7,12-15H2,1-2H3/p+1. The first-order chi connectivity index (χ1) is 16.0. The Morgan fingerprint density at radius 2 is 2.06 bits per heavy atom. The molecule has 33 heavy (non-hydrogen) atoms. The molecule has 178 valence electrons. The molecule has 3 heterocycles. The van der Waals surface area contributed by atoms with Crippen molar-refractivity contribution in [3.63, 3.8) is 0 Å². The molecule has 1 atom stereocenters. The second kappa shape index (κ2) is 10.9. The van der Waals surface area contributed by atoms with E-state index in [9.17, 15) is 9.59 Å². The minimum absolute atomic E-state index is 0.180. The Morgan fingerprint density at radius 3 is 2.76 bits per heavy atom. The first-order valence-corrected chi connectivity index (χ1v) is 12.7. The molecule has 0 aliphatic carbocycles. The highest BCUT2D eigenvalue weighted by molar-refractivity contribution is 7.99. The number of aryl methyl sites for hydroxylation is 1. The molecule has 1 fully saturated rings. The van der Waals surface area contributed by atoms with Gasteiger partial charge in [0.15, 0.2) is 6.29 Å². The molecule has 1 aromatic carbocycles. The molecule has 8 nitrogen and oxygen atoms in total. The molecular weight excluding hydrogens is 464 g/mol. The fraction of sp³-hybridized carbons (Fsp3) is 0.522. The molecule has 10 heteroatoms. The van der Waals surface area contributed by atoms with Gasteiger partial charge >= 0.3 is 16.4 Å². The van der Waals surface area contributed by atoms with Crippen LogP contribution in [0.3, 0.4) is 0 Å². The van der Waals surface area contributed by atoms with Gasteiger partial charge in [0, 0.05) is 31.0 Å². The first kappa shape index (κ1) is 24.1. The minimum Gasteiger partial charge on any atom is -0.353 e. The molecule has 4 rings (SSSR count). The number of aromatic nitrogens is 4. The SMILES string of the molecule is CCSc1[nH]c2c(c(=O)n(CCCOC3CCCCO3)c(=O)n2C)[n+]1Cc1ccc(Cl)cc1. The van der Waals surface area contributed by atoms with Crippen molar-refractivity contribution in [2.75, 3.05) is 19.0 Å². The summed E-state index contributed by atoms with van der Waals surface area (Å²) in [7, 11) is 1.69. The molecule has 3 aromatic rings. The van der Waals surface area contributed by atoms with Gasteiger partial charge in [0.1, 0.15) is 6.54 Å². The van der Waals surface area contributed by atoms with Crippen molar-refractivity contribution >= 4 is 34.5 Å². The Hall–Kier alpha value is -2.07. The zero-order valence-electron chi connectivity index (χ0n) is 19.0. The zero-order chi connectivity index (χ0) is 23.4. The average Bonchev–Trinajstić information content (AvgIpc) is 3.17. The molecule has 1 aliphatic heterocycles. The second-order valence-electron chi connectivity index (χ2n) is 8.09. The monoisotopic (exact) mass is 493 g/mol. The van der Waals surface area contributed by atoms with Crippen LogP contribution in [0.15, 0.2) is 39.0 Å². The lowest BCUT2D eigenvalue weighted by Crippen LogP contribution is -2.45. The van der Waals surface area contributed by atoms with Crippen LogP contribution >= 0.6 is 23.4 Å². The van der Waals surface area contributed by atoms with Gasteiger partial charge in [0.05, 0.1) is 6.61 Å². The van der Waals surface area contributed by atoms with Crippen LogP contribution < -0.4 is 15.8 Å². The molecule has 1 saturated heterocycles. The Balaban J connectivity index is 1.64.